The van der Waals surface area contributed by atoms with Crippen molar-refractivity contribution in [3.8, 4) is 0 Å². The number of amides is 2. The summed E-state index contributed by atoms with van der Waals surface area (Å²) >= 11 is 0. The van der Waals surface area contributed by atoms with E-state index < -0.39 is 0 Å². The predicted octanol–water partition coefficient (Wildman–Crippen LogP) is 5.01. The normalized spacial score (nSPS) is 13.5. The maximum atomic E-state index is 13.1. The Morgan fingerprint density at radius 1 is 1.00 bits per heavy atom. The topological polar surface area (TPSA) is 49.4 Å². The van der Waals surface area contributed by atoms with Crippen molar-refractivity contribution >= 4 is 17.5 Å². The van der Waals surface area contributed by atoms with Crippen LogP contribution in [0.5, 0.6) is 0 Å². The van der Waals surface area contributed by atoms with Gasteiger partial charge in [0.15, 0.2) is 0 Å². The van der Waals surface area contributed by atoms with Crippen molar-refractivity contribution < 1.29 is 9.59 Å². The average molecular weight is 413 g/mol. The van der Waals surface area contributed by atoms with E-state index in [0.717, 1.165) is 35.2 Å². The maximum Gasteiger partial charge on any atom is 0.258 e. The van der Waals surface area contributed by atoms with Gasteiger partial charge in [-0.3, -0.25) is 9.59 Å². The average Bonchev–Trinajstić information content (AvgIpc) is 3.21. The van der Waals surface area contributed by atoms with Crippen LogP contribution in [0.15, 0.2) is 72.8 Å². The number of carbonyl (C=O) groups excluding carboxylic acids is 2. The maximum absolute atomic E-state index is 13.1. The molecule has 1 N–H and O–H groups in total. The van der Waals surface area contributed by atoms with Gasteiger partial charge < -0.3 is 10.2 Å². The van der Waals surface area contributed by atoms with Gasteiger partial charge in [-0.2, -0.15) is 0 Å². The van der Waals surface area contributed by atoms with Crippen LogP contribution < -0.4 is 10.2 Å². The van der Waals surface area contributed by atoms with Gasteiger partial charge in [-0.1, -0.05) is 67.1 Å². The molecule has 158 valence electrons. The molecule has 0 bridgehead atoms. The van der Waals surface area contributed by atoms with Crippen LogP contribution in [-0.2, 0) is 17.8 Å². The van der Waals surface area contributed by atoms with E-state index in [1.54, 1.807) is 0 Å². The highest BCUT2D eigenvalue weighted by Crippen LogP contribution is 2.30. The zero-order chi connectivity index (χ0) is 21.8. The van der Waals surface area contributed by atoms with Gasteiger partial charge in [0.1, 0.15) is 0 Å². The Kier molecular flexibility index (Phi) is 6.17. The van der Waals surface area contributed by atoms with Crippen LogP contribution in [0.1, 0.15) is 51.9 Å². The Labute approximate surface area is 183 Å². The molecule has 0 aromatic heterocycles. The number of fused-ring (bicyclic) bond motifs is 1. The molecule has 31 heavy (non-hydrogen) atoms. The first-order valence-electron chi connectivity index (χ1n) is 10.9. The molecule has 3 aromatic carbocycles. The molecule has 4 nitrogen and oxygen atoms in total. The summed E-state index contributed by atoms with van der Waals surface area (Å²) in [4.78, 5) is 27.7. The highest BCUT2D eigenvalue weighted by Gasteiger charge is 2.26. The van der Waals surface area contributed by atoms with Crippen molar-refractivity contribution in [2.24, 2.45) is 0 Å². The fourth-order valence-corrected chi connectivity index (χ4v) is 4.25. The van der Waals surface area contributed by atoms with E-state index in [1.807, 2.05) is 85.5 Å². The number of hydrogen-bond acceptors (Lipinski definition) is 2. The highest BCUT2D eigenvalue weighted by atomic mass is 16.2. The lowest BCUT2D eigenvalue weighted by atomic mass is 9.95. The largest absolute Gasteiger partial charge is 0.351 e. The second-order valence-electron chi connectivity index (χ2n) is 8.13. The molecule has 0 radical (unpaired) electrons. The van der Waals surface area contributed by atoms with Crippen LogP contribution in [0.2, 0.25) is 0 Å². The zero-order valence-electron chi connectivity index (χ0n) is 18.1. The van der Waals surface area contributed by atoms with E-state index in [1.165, 1.54) is 5.56 Å². The van der Waals surface area contributed by atoms with Gasteiger partial charge in [0.2, 0.25) is 5.91 Å². The molecule has 1 atom stereocenters. The van der Waals surface area contributed by atoms with E-state index >= 15 is 0 Å². The Balaban J connectivity index is 1.47. The highest BCUT2D eigenvalue weighted by molar-refractivity contribution is 6.07. The lowest BCUT2D eigenvalue weighted by molar-refractivity contribution is -0.122. The quantitative estimate of drug-likeness (QED) is 0.619. The van der Waals surface area contributed by atoms with Crippen LogP contribution in [0, 0.1) is 6.92 Å². The van der Waals surface area contributed by atoms with Gasteiger partial charge in [0, 0.05) is 24.3 Å². The summed E-state index contributed by atoms with van der Waals surface area (Å²) in [6.07, 6.45) is 1.60. The standard InChI is InChI=1S/C27H28N2O2/c1-3-24(21-9-5-4-6-10-21)26(30)28-18-20-12-13-22-14-15-29(25(22)17-20)27(31)23-11-7-8-19(2)16-23/h4-13,16-17,24H,3,14-15,18H2,1-2H3,(H,28,30)/t24-/m0/s1. The Morgan fingerprint density at radius 2 is 1.81 bits per heavy atom. The summed E-state index contributed by atoms with van der Waals surface area (Å²) < 4.78 is 0. The minimum absolute atomic E-state index is 0.0266. The molecule has 4 heteroatoms. The number of anilines is 1. The molecule has 0 aliphatic carbocycles. The van der Waals surface area contributed by atoms with E-state index in [-0.39, 0.29) is 17.7 Å². The predicted molar refractivity (Wildman–Crippen MR) is 124 cm³/mol. The number of nitrogens with zero attached hydrogens (tertiary/aromatic N) is 1. The molecule has 1 heterocycles. The monoisotopic (exact) mass is 412 g/mol. The van der Waals surface area contributed by atoms with Crippen LogP contribution in [0.3, 0.4) is 0 Å². The van der Waals surface area contributed by atoms with Crippen molar-refractivity contribution in [3.63, 3.8) is 0 Å². The zero-order valence-corrected chi connectivity index (χ0v) is 18.1. The minimum atomic E-state index is -0.157. The van der Waals surface area contributed by atoms with Crippen molar-refractivity contribution in [1.82, 2.24) is 5.32 Å². The lowest BCUT2D eigenvalue weighted by Crippen LogP contribution is -2.30. The SMILES string of the molecule is CC[C@H](C(=O)NCc1ccc2c(c1)N(C(=O)c1cccc(C)c1)CC2)c1ccccc1. The molecule has 1 aliphatic rings. The van der Waals surface area contributed by atoms with Crippen LogP contribution in [-0.4, -0.2) is 18.4 Å². The van der Waals surface area contributed by atoms with Gasteiger partial charge in [0.05, 0.1) is 5.92 Å². The van der Waals surface area contributed by atoms with Crippen LogP contribution in [0.4, 0.5) is 5.69 Å². The first kappa shape index (κ1) is 20.9. The molecule has 0 spiro atoms. The molecule has 0 unspecified atom stereocenters. The molecule has 1 aliphatic heterocycles. The molecule has 0 saturated carbocycles. The molecule has 0 fully saturated rings. The first-order chi connectivity index (χ1) is 15.1. The Hall–Kier alpha value is -3.40. The number of hydrogen-bond donors (Lipinski definition) is 1. The number of nitrogens with one attached hydrogen (secondary N) is 1. The summed E-state index contributed by atoms with van der Waals surface area (Å²) in [6.45, 7) is 5.15. The van der Waals surface area contributed by atoms with Crippen molar-refractivity contribution in [2.45, 2.75) is 39.2 Å². The van der Waals surface area contributed by atoms with Crippen LogP contribution >= 0.6 is 0 Å². The summed E-state index contributed by atoms with van der Waals surface area (Å²) in [5, 5.41) is 3.08. The lowest BCUT2D eigenvalue weighted by Gasteiger charge is -2.19. The van der Waals surface area contributed by atoms with Crippen molar-refractivity contribution in [2.75, 3.05) is 11.4 Å². The minimum Gasteiger partial charge on any atom is -0.351 e. The van der Waals surface area contributed by atoms with E-state index in [4.69, 9.17) is 0 Å². The number of rotatable bonds is 6. The number of aryl methyl sites for hydroxylation is 1. The van der Waals surface area contributed by atoms with Gasteiger partial charge >= 0.3 is 0 Å². The summed E-state index contributed by atoms with van der Waals surface area (Å²) in [5.41, 5.74) is 5.94. The molecule has 4 rings (SSSR count). The summed E-state index contributed by atoms with van der Waals surface area (Å²) in [7, 11) is 0. The summed E-state index contributed by atoms with van der Waals surface area (Å²) in [5.74, 6) is -0.101. The third-order valence-corrected chi connectivity index (χ3v) is 5.95. The van der Waals surface area contributed by atoms with Gasteiger partial charge in [0.25, 0.3) is 5.91 Å². The third-order valence-electron chi connectivity index (χ3n) is 5.95. The smallest absolute Gasteiger partial charge is 0.258 e. The number of carbonyl (C=O) groups is 2. The second-order valence-corrected chi connectivity index (χ2v) is 8.13. The number of benzene rings is 3. The van der Waals surface area contributed by atoms with Crippen LogP contribution in [0.25, 0.3) is 0 Å². The molecular formula is C27H28N2O2. The Bertz CT molecular complexity index is 1090. The van der Waals surface area contributed by atoms with Crippen molar-refractivity contribution in [1.29, 1.82) is 0 Å². The summed E-state index contributed by atoms with van der Waals surface area (Å²) in [6, 6.07) is 23.8. The second kappa shape index (κ2) is 9.17. The molecule has 0 saturated heterocycles. The van der Waals surface area contributed by atoms with E-state index in [0.29, 0.717) is 18.7 Å². The Morgan fingerprint density at radius 3 is 2.55 bits per heavy atom. The van der Waals surface area contributed by atoms with Gasteiger partial charge in [-0.15, -0.1) is 0 Å². The van der Waals surface area contributed by atoms with Gasteiger partial charge in [-0.05, 0) is 54.7 Å². The van der Waals surface area contributed by atoms with E-state index in [9.17, 15) is 9.59 Å². The third kappa shape index (κ3) is 4.53. The molecule has 3 aromatic rings. The fraction of sp³-hybridized carbons (Fsp3) is 0.259. The molecule has 2 amide bonds. The van der Waals surface area contributed by atoms with Crippen molar-refractivity contribution in [3.05, 3.63) is 101 Å². The fourth-order valence-electron chi connectivity index (χ4n) is 4.25. The molecular weight excluding hydrogens is 384 g/mol. The van der Waals surface area contributed by atoms with Gasteiger partial charge in [-0.25, -0.2) is 0 Å². The van der Waals surface area contributed by atoms with E-state index in [2.05, 4.69) is 11.4 Å². The first-order valence-corrected chi connectivity index (χ1v) is 10.9.